The van der Waals surface area contributed by atoms with E-state index >= 15 is 0 Å². The number of methoxy groups -OCH3 is 1. The molecule has 0 fully saturated rings. The predicted octanol–water partition coefficient (Wildman–Crippen LogP) is 6.08. The lowest BCUT2D eigenvalue weighted by molar-refractivity contribution is -0.120. The highest BCUT2D eigenvalue weighted by atomic mass is 35.5. The lowest BCUT2D eigenvalue weighted by Gasteiger charge is -2.26. The quantitative estimate of drug-likeness (QED) is 0.360. The number of benzene rings is 3. The summed E-state index contributed by atoms with van der Waals surface area (Å²) in [6, 6.07) is 16.3. The Hall–Kier alpha value is -2.74. The van der Waals surface area contributed by atoms with Crippen LogP contribution in [0.5, 0.6) is 5.75 Å². The van der Waals surface area contributed by atoms with E-state index in [9.17, 15) is 13.2 Å². The highest BCUT2D eigenvalue weighted by molar-refractivity contribution is 7.92. The first-order valence-corrected chi connectivity index (χ1v) is 13.2. The van der Waals surface area contributed by atoms with Gasteiger partial charge in [-0.1, -0.05) is 60.0 Å². The van der Waals surface area contributed by atoms with E-state index in [-0.39, 0.29) is 21.6 Å². The Bertz CT molecular complexity index is 1310. The Morgan fingerprint density at radius 3 is 2.31 bits per heavy atom. The molecular weight excluding hydrogens is 507 g/mol. The van der Waals surface area contributed by atoms with Gasteiger partial charge in [-0.3, -0.25) is 9.10 Å². The van der Waals surface area contributed by atoms with Crippen LogP contribution in [0, 0.1) is 13.8 Å². The van der Waals surface area contributed by atoms with Gasteiger partial charge in [-0.05, 0) is 67.8 Å². The van der Waals surface area contributed by atoms with Crippen LogP contribution in [0.15, 0.2) is 65.6 Å². The molecule has 3 aromatic rings. The average molecular weight is 535 g/mol. The highest BCUT2D eigenvalue weighted by Crippen LogP contribution is 2.33. The van der Waals surface area contributed by atoms with Gasteiger partial charge in [0, 0.05) is 5.02 Å². The average Bonchev–Trinajstić information content (AvgIpc) is 2.82. The van der Waals surface area contributed by atoms with Gasteiger partial charge in [-0.2, -0.15) is 0 Å². The smallest absolute Gasteiger partial charge is 0.264 e. The molecule has 0 saturated heterocycles. The van der Waals surface area contributed by atoms with Crippen molar-refractivity contribution in [1.29, 1.82) is 0 Å². The summed E-state index contributed by atoms with van der Waals surface area (Å²) in [5, 5.41) is 3.42. The third-order valence-electron chi connectivity index (χ3n) is 5.64. The Balaban J connectivity index is 1.95. The standard InChI is InChI=1S/C26H28Cl2N2O4S/c1-5-23(19-8-13-25(34-4)18(3)14-19)29-26(31)16-30(24-15-20(27)9-12-22(24)28)35(32,33)21-10-6-17(2)7-11-21/h6-15,23H,5,16H2,1-4H3,(H,29,31)/t23-/m1/s1. The fourth-order valence-electron chi connectivity index (χ4n) is 3.72. The highest BCUT2D eigenvalue weighted by Gasteiger charge is 2.29. The van der Waals surface area contributed by atoms with Crippen LogP contribution in [0.4, 0.5) is 5.69 Å². The number of aryl methyl sites for hydroxylation is 2. The number of rotatable bonds is 9. The second kappa shape index (κ2) is 11.3. The monoisotopic (exact) mass is 534 g/mol. The summed E-state index contributed by atoms with van der Waals surface area (Å²) in [7, 11) is -2.51. The van der Waals surface area contributed by atoms with E-state index in [2.05, 4.69) is 5.32 Å². The molecule has 6 nitrogen and oxygen atoms in total. The van der Waals surface area contributed by atoms with Crippen molar-refractivity contribution in [2.24, 2.45) is 0 Å². The van der Waals surface area contributed by atoms with E-state index in [1.807, 2.05) is 39.0 Å². The fourth-order valence-corrected chi connectivity index (χ4v) is 5.59. The predicted molar refractivity (Wildman–Crippen MR) is 141 cm³/mol. The number of hydrogen-bond acceptors (Lipinski definition) is 4. The summed E-state index contributed by atoms with van der Waals surface area (Å²) < 4.78 is 33.5. The Morgan fingerprint density at radius 2 is 1.71 bits per heavy atom. The number of halogens is 2. The van der Waals surface area contributed by atoms with Gasteiger partial charge in [-0.15, -0.1) is 0 Å². The molecule has 0 spiro atoms. The van der Waals surface area contributed by atoms with Crippen LogP contribution in [-0.2, 0) is 14.8 Å². The van der Waals surface area contributed by atoms with E-state index in [1.54, 1.807) is 25.3 Å². The molecule has 1 N–H and O–H groups in total. The number of nitrogens with one attached hydrogen (secondary N) is 1. The topological polar surface area (TPSA) is 75.7 Å². The SMILES string of the molecule is CC[C@@H](NC(=O)CN(c1cc(Cl)ccc1Cl)S(=O)(=O)c1ccc(C)cc1)c1ccc(OC)c(C)c1. The lowest BCUT2D eigenvalue weighted by Crippen LogP contribution is -2.42. The number of ether oxygens (including phenoxy) is 1. The van der Waals surface area contributed by atoms with Gasteiger partial charge in [0.1, 0.15) is 12.3 Å². The zero-order chi connectivity index (χ0) is 25.8. The molecular formula is C26H28Cl2N2O4S. The maximum atomic E-state index is 13.6. The first kappa shape index (κ1) is 26.9. The number of anilines is 1. The van der Waals surface area contributed by atoms with Crippen molar-refractivity contribution in [2.45, 2.75) is 38.1 Å². The van der Waals surface area contributed by atoms with Gasteiger partial charge < -0.3 is 10.1 Å². The zero-order valence-corrected chi connectivity index (χ0v) is 22.3. The number of nitrogens with zero attached hydrogens (tertiary/aromatic N) is 1. The summed E-state index contributed by atoms with van der Waals surface area (Å²) in [5.41, 5.74) is 2.87. The largest absolute Gasteiger partial charge is 0.496 e. The maximum Gasteiger partial charge on any atom is 0.264 e. The van der Waals surface area contributed by atoms with E-state index in [4.69, 9.17) is 27.9 Å². The molecule has 9 heteroatoms. The van der Waals surface area contributed by atoms with Crippen molar-refractivity contribution >= 4 is 44.8 Å². The van der Waals surface area contributed by atoms with E-state index < -0.39 is 22.5 Å². The van der Waals surface area contributed by atoms with E-state index in [1.165, 1.54) is 24.3 Å². The van der Waals surface area contributed by atoms with Crippen LogP contribution in [0.3, 0.4) is 0 Å². The maximum absolute atomic E-state index is 13.6. The minimum Gasteiger partial charge on any atom is -0.496 e. The van der Waals surface area contributed by atoms with Crippen molar-refractivity contribution in [1.82, 2.24) is 5.32 Å². The molecule has 35 heavy (non-hydrogen) atoms. The van der Waals surface area contributed by atoms with Gasteiger partial charge in [0.2, 0.25) is 5.91 Å². The third kappa shape index (κ3) is 6.28. The lowest BCUT2D eigenvalue weighted by atomic mass is 10.0. The molecule has 0 bridgehead atoms. The van der Waals surface area contributed by atoms with Crippen LogP contribution in [0.2, 0.25) is 10.0 Å². The number of carbonyl (C=O) groups is 1. The van der Waals surface area contributed by atoms with Gasteiger partial charge in [0.15, 0.2) is 0 Å². The van der Waals surface area contributed by atoms with Crippen molar-refractivity contribution < 1.29 is 17.9 Å². The zero-order valence-electron chi connectivity index (χ0n) is 20.0. The van der Waals surface area contributed by atoms with E-state index in [0.717, 1.165) is 26.7 Å². The normalized spacial score (nSPS) is 12.2. The van der Waals surface area contributed by atoms with Crippen LogP contribution >= 0.6 is 23.2 Å². The molecule has 3 rings (SSSR count). The molecule has 186 valence electrons. The molecule has 0 saturated carbocycles. The molecule has 0 unspecified atom stereocenters. The van der Waals surface area contributed by atoms with Gasteiger partial charge in [-0.25, -0.2) is 8.42 Å². The summed E-state index contributed by atoms with van der Waals surface area (Å²) >= 11 is 12.5. The van der Waals surface area contributed by atoms with Crippen molar-refractivity contribution in [3.05, 3.63) is 87.4 Å². The third-order valence-corrected chi connectivity index (χ3v) is 7.97. The molecule has 3 aromatic carbocycles. The van der Waals surface area contributed by atoms with Crippen molar-refractivity contribution in [3.8, 4) is 5.75 Å². The van der Waals surface area contributed by atoms with Crippen molar-refractivity contribution in [2.75, 3.05) is 18.0 Å². The Kier molecular flexibility index (Phi) is 8.70. The number of amides is 1. The summed E-state index contributed by atoms with van der Waals surface area (Å²) in [6.45, 7) is 5.26. The van der Waals surface area contributed by atoms with Gasteiger partial charge in [0.05, 0.1) is 28.8 Å². The molecule has 0 aliphatic carbocycles. The first-order chi connectivity index (χ1) is 16.6. The molecule has 0 aliphatic heterocycles. The van der Waals surface area contributed by atoms with Gasteiger partial charge >= 0.3 is 0 Å². The van der Waals surface area contributed by atoms with Crippen LogP contribution < -0.4 is 14.4 Å². The molecule has 0 aliphatic rings. The van der Waals surface area contributed by atoms with Gasteiger partial charge in [0.25, 0.3) is 10.0 Å². The Morgan fingerprint density at radius 1 is 1.03 bits per heavy atom. The summed E-state index contributed by atoms with van der Waals surface area (Å²) in [5.74, 6) is 0.276. The van der Waals surface area contributed by atoms with Crippen LogP contribution in [0.25, 0.3) is 0 Å². The molecule has 1 atom stereocenters. The first-order valence-electron chi connectivity index (χ1n) is 11.0. The van der Waals surface area contributed by atoms with E-state index in [0.29, 0.717) is 11.4 Å². The summed E-state index contributed by atoms with van der Waals surface area (Å²) in [6.07, 6.45) is 0.611. The van der Waals surface area contributed by atoms with Crippen molar-refractivity contribution in [3.63, 3.8) is 0 Å². The molecule has 0 radical (unpaired) electrons. The number of sulfonamides is 1. The minimum absolute atomic E-state index is 0.0461. The fraction of sp³-hybridized carbons (Fsp3) is 0.269. The van der Waals surface area contributed by atoms with Crippen LogP contribution in [-0.4, -0.2) is 28.0 Å². The second-order valence-corrected chi connectivity index (χ2v) is 10.9. The molecule has 0 aromatic heterocycles. The molecule has 0 heterocycles. The number of carbonyl (C=O) groups excluding carboxylic acids is 1. The van der Waals surface area contributed by atoms with Crippen LogP contribution in [0.1, 0.15) is 36.1 Å². The minimum atomic E-state index is -4.12. The Labute approximate surface area is 216 Å². The number of hydrogen-bond donors (Lipinski definition) is 1. The summed E-state index contributed by atoms with van der Waals surface area (Å²) in [4.78, 5) is 13.2. The second-order valence-electron chi connectivity index (χ2n) is 8.18. The molecule has 1 amide bonds.